The standard InChI is InChI=1S/C19H21NO4/c1-10-6-7-15(8-11(10)2)16(22)9-24-19(23)18-12(3)17(14(5)21)13(4)20-18/h6-8,20H,9H2,1-5H3. The zero-order valence-corrected chi connectivity index (χ0v) is 14.6. The number of carbonyl (C=O) groups excluding carboxylic acids is 3. The van der Waals surface area contributed by atoms with Crippen molar-refractivity contribution < 1.29 is 19.1 Å². The fraction of sp³-hybridized carbons (Fsp3) is 0.316. The van der Waals surface area contributed by atoms with E-state index in [2.05, 4.69) is 4.98 Å². The average molecular weight is 327 g/mol. The number of aromatic amines is 1. The zero-order valence-electron chi connectivity index (χ0n) is 14.6. The molecular weight excluding hydrogens is 306 g/mol. The second-order valence-corrected chi connectivity index (χ2v) is 5.98. The van der Waals surface area contributed by atoms with Gasteiger partial charge >= 0.3 is 5.97 Å². The van der Waals surface area contributed by atoms with Crippen LogP contribution in [0, 0.1) is 27.7 Å². The molecule has 0 bridgehead atoms. The van der Waals surface area contributed by atoms with E-state index in [1.807, 2.05) is 19.9 Å². The molecule has 2 rings (SSSR count). The van der Waals surface area contributed by atoms with E-state index in [4.69, 9.17) is 4.74 Å². The first-order valence-corrected chi connectivity index (χ1v) is 7.70. The molecule has 0 spiro atoms. The molecule has 2 aromatic rings. The molecule has 0 aliphatic rings. The fourth-order valence-electron chi connectivity index (χ4n) is 2.68. The van der Waals surface area contributed by atoms with Crippen LogP contribution in [-0.4, -0.2) is 29.1 Å². The predicted octanol–water partition coefficient (Wildman–Crippen LogP) is 3.49. The number of ketones is 2. The van der Waals surface area contributed by atoms with Crippen molar-refractivity contribution in [2.75, 3.05) is 6.61 Å². The normalized spacial score (nSPS) is 10.5. The van der Waals surface area contributed by atoms with Crippen LogP contribution < -0.4 is 0 Å². The number of H-pyrrole nitrogens is 1. The highest BCUT2D eigenvalue weighted by atomic mass is 16.5. The van der Waals surface area contributed by atoms with Crippen LogP contribution in [0.4, 0.5) is 0 Å². The Kier molecular flexibility index (Phi) is 5.02. The Morgan fingerprint density at radius 2 is 1.71 bits per heavy atom. The number of carbonyl (C=O) groups is 3. The van der Waals surface area contributed by atoms with Gasteiger partial charge in [0.2, 0.25) is 0 Å². The quantitative estimate of drug-likeness (QED) is 0.673. The van der Waals surface area contributed by atoms with Gasteiger partial charge in [-0.15, -0.1) is 0 Å². The Bertz CT molecular complexity index is 830. The molecule has 5 heteroatoms. The summed E-state index contributed by atoms with van der Waals surface area (Å²) in [6.07, 6.45) is 0. The Hall–Kier alpha value is -2.69. The fourth-order valence-corrected chi connectivity index (χ4v) is 2.68. The first-order valence-electron chi connectivity index (χ1n) is 7.70. The van der Waals surface area contributed by atoms with Crippen LogP contribution >= 0.6 is 0 Å². The van der Waals surface area contributed by atoms with E-state index in [1.54, 1.807) is 26.0 Å². The molecule has 24 heavy (non-hydrogen) atoms. The van der Waals surface area contributed by atoms with Crippen molar-refractivity contribution in [3.05, 3.63) is 57.4 Å². The Morgan fingerprint density at radius 1 is 1.04 bits per heavy atom. The van der Waals surface area contributed by atoms with Crippen molar-refractivity contribution in [3.63, 3.8) is 0 Å². The van der Waals surface area contributed by atoms with Gasteiger partial charge in [0.1, 0.15) is 5.69 Å². The summed E-state index contributed by atoms with van der Waals surface area (Å²) >= 11 is 0. The molecule has 0 aliphatic carbocycles. The number of Topliss-reactive ketones (excluding diaryl/α,β-unsaturated/α-hetero) is 2. The molecule has 0 aliphatic heterocycles. The number of benzene rings is 1. The average Bonchev–Trinajstić information content (AvgIpc) is 2.82. The lowest BCUT2D eigenvalue weighted by Gasteiger charge is -2.06. The lowest BCUT2D eigenvalue weighted by molar-refractivity contribution is 0.0468. The van der Waals surface area contributed by atoms with Gasteiger partial charge in [-0.05, 0) is 57.4 Å². The highest BCUT2D eigenvalue weighted by Gasteiger charge is 2.21. The van der Waals surface area contributed by atoms with Gasteiger partial charge < -0.3 is 9.72 Å². The van der Waals surface area contributed by atoms with E-state index in [1.165, 1.54) is 6.92 Å². The largest absolute Gasteiger partial charge is 0.453 e. The van der Waals surface area contributed by atoms with Crippen LogP contribution in [0.5, 0.6) is 0 Å². The van der Waals surface area contributed by atoms with Crippen molar-refractivity contribution in [3.8, 4) is 0 Å². The summed E-state index contributed by atoms with van der Waals surface area (Å²) in [7, 11) is 0. The van der Waals surface area contributed by atoms with Gasteiger partial charge in [-0.1, -0.05) is 12.1 Å². The van der Waals surface area contributed by atoms with Gasteiger partial charge in [0.15, 0.2) is 18.2 Å². The second kappa shape index (κ2) is 6.83. The van der Waals surface area contributed by atoms with E-state index in [0.717, 1.165) is 11.1 Å². The van der Waals surface area contributed by atoms with E-state index in [9.17, 15) is 14.4 Å². The highest BCUT2D eigenvalue weighted by Crippen LogP contribution is 2.19. The summed E-state index contributed by atoms with van der Waals surface area (Å²) in [4.78, 5) is 38.8. The molecule has 0 atom stereocenters. The summed E-state index contributed by atoms with van der Waals surface area (Å²) in [5, 5.41) is 0. The second-order valence-electron chi connectivity index (χ2n) is 5.98. The third-order valence-electron chi connectivity index (χ3n) is 4.16. The predicted molar refractivity (Wildman–Crippen MR) is 90.8 cm³/mol. The van der Waals surface area contributed by atoms with Gasteiger partial charge in [0.25, 0.3) is 0 Å². The van der Waals surface area contributed by atoms with Crippen LogP contribution in [0.15, 0.2) is 18.2 Å². The molecule has 0 saturated carbocycles. The molecule has 5 nitrogen and oxygen atoms in total. The molecule has 126 valence electrons. The molecule has 1 aromatic heterocycles. The molecule has 0 fully saturated rings. The van der Waals surface area contributed by atoms with Crippen molar-refractivity contribution in [2.24, 2.45) is 0 Å². The van der Waals surface area contributed by atoms with Gasteiger partial charge in [0.05, 0.1) is 0 Å². The summed E-state index contributed by atoms with van der Waals surface area (Å²) in [5.41, 5.74) is 4.48. The van der Waals surface area contributed by atoms with Gasteiger partial charge in [-0.3, -0.25) is 9.59 Å². The Labute approximate surface area is 141 Å². The zero-order chi connectivity index (χ0) is 18.0. The summed E-state index contributed by atoms with van der Waals surface area (Å²) in [6, 6.07) is 5.36. The van der Waals surface area contributed by atoms with Crippen molar-refractivity contribution in [1.82, 2.24) is 4.98 Å². The van der Waals surface area contributed by atoms with Gasteiger partial charge in [-0.2, -0.15) is 0 Å². The topological polar surface area (TPSA) is 76.2 Å². The van der Waals surface area contributed by atoms with Crippen molar-refractivity contribution >= 4 is 17.5 Å². The first kappa shape index (κ1) is 17.7. The summed E-state index contributed by atoms with van der Waals surface area (Å²) in [6.45, 7) is 8.40. The summed E-state index contributed by atoms with van der Waals surface area (Å²) in [5.74, 6) is -1.02. The van der Waals surface area contributed by atoms with E-state index >= 15 is 0 Å². The SMILES string of the molecule is CC(=O)c1c(C)[nH]c(C(=O)OCC(=O)c2ccc(C)c(C)c2)c1C. The first-order chi connectivity index (χ1) is 11.2. The van der Waals surface area contributed by atoms with Crippen LogP contribution in [-0.2, 0) is 4.74 Å². The summed E-state index contributed by atoms with van der Waals surface area (Å²) < 4.78 is 5.11. The molecule has 1 heterocycles. The van der Waals surface area contributed by atoms with Gasteiger partial charge in [0, 0.05) is 16.8 Å². The number of rotatable bonds is 5. The van der Waals surface area contributed by atoms with E-state index in [-0.39, 0.29) is 23.9 Å². The number of hydrogen-bond acceptors (Lipinski definition) is 4. The van der Waals surface area contributed by atoms with Crippen LogP contribution in [0.3, 0.4) is 0 Å². The number of aryl methyl sites for hydroxylation is 3. The molecule has 0 amide bonds. The smallest absolute Gasteiger partial charge is 0.355 e. The minimum absolute atomic E-state index is 0.119. The minimum Gasteiger partial charge on any atom is -0.453 e. The van der Waals surface area contributed by atoms with Crippen LogP contribution in [0.2, 0.25) is 0 Å². The van der Waals surface area contributed by atoms with Crippen LogP contribution in [0.25, 0.3) is 0 Å². The van der Waals surface area contributed by atoms with Crippen LogP contribution in [0.1, 0.15) is 60.5 Å². The third-order valence-corrected chi connectivity index (χ3v) is 4.16. The molecular formula is C19H21NO4. The lowest BCUT2D eigenvalue weighted by Crippen LogP contribution is -2.15. The molecule has 1 aromatic carbocycles. The molecule has 1 N–H and O–H groups in total. The van der Waals surface area contributed by atoms with Crippen molar-refractivity contribution in [1.29, 1.82) is 0 Å². The lowest BCUT2D eigenvalue weighted by atomic mass is 10.0. The highest BCUT2D eigenvalue weighted by molar-refractivity contribution is 6.02. The molecule has 0 unspecified atom stereocenters. The number of ether oxygens (including phenoxy) is 1. The third kappa shape index (κ3) is 3.45. The number of nitrogens with one attached hydrogen (secondary N) is 1. The molecule has 0 radical (unpaired) electrons. The Morgan fingerprint density at radius 3 is 2.25 bits per heavy atom. The number of aromatic nitrogens is 1. The number of hydrogen-bond donors (Lipinski definition) is 1. The van der Waals surface area contributed by atoms with E-state index < -0.39 is 5.97 Å². The Balaban J connectivity index is 2.11. The minimum atomic E-state index is -0.639. The maximum Gasteiger partial charge on any atom is 0.355 e. The van der Waals surface area contributed by atoms with Gasteiger partial charge in [-0.25, -0.2) is 4.79 Å². The molecule has 0 saturated heterocycles. The maximum atomic E-state index is 12.2. The monoisotopic (exact) mass is 327 g/mol. The van der Waals surface area contributed by atoms with Crippen molar-refractivity contribution in [2.45, 2.75) is 34.6 Å². The number of esters is 1. The van der Waals surface area contributed by atoms with E-state index in [0.29, 0.717) is 22.4 Å². The maximum absolute atomic E-state index is 12.2.